The van der Waals surface area contributed by atoms with E-state index in [-0.39, 0.29) is 28.6 Å². The van der Waals surface area contributed by atoms with Crippen molar-refractivity contribution in [2.75, 3.05) is 16.8 Å². The molecule has 23 heavy (non-hydrogen) atoms. The molecule has 114 valence electrons. The normalized spacial score (nSPS) is 9.70. The van der Waals surface area contributed by atoms with Crippen LogP contribution in [0.15, 0.2) is 35.4 Å². The number of carbonyl (C=O) groups excluding carboxylic acids is 1. The van der Waals surface area contributed by atoms with Crippen molar-refractivity contribution in [1.29, 1.82) is 10.5 Å². The number of hydrogen-bond donors (Lipinski definition) is 2. The molecule has 0 bridgehead atoms. The molecule has 7 heteroatoms. The number of nitriles is 2. The van der Waals surface area contributed by atoms with E-state index in [0.717, 1.165) is 23.0 Å². The van der Waals surface area contributed by atoms with Crippen molar-refractivity contribution in [2.24, 2.45) is 0 Å². The van der Waals surface area contributed by atoms with Gasteiger partial charge in [0.25, 0.3) is 5.82 Å². The van der Waals surface area contributed by atoms with Crippen LogP contribution in [0.1, 0.15) is 16.7 Å². The molecule has 1 aromatic carbocycles. The number of pyridine rings is 1. The van der Waals surface area contributed by atoms with Gasteiger partial charge in [-0.2, -0.15) is 10.5 Å². The van der Waals surface area contributed by atoms with Gasteiger partial charge in [0.1, 0.15) is 23.3 Å². The number of benzene rings is 1. The Bertz CT molecular complexity index is 835. The molecule has 0 fully saturated rings. The van der Waals surface area contributed by atoms with Crippen LogP contribution in [0.2, 0.25) is 0 Å². The summed E-state index contributed by atoms with van der Waals surface area (Å²) in [5, 5.41) is 21.3. The number of amides is 1. The molecule has 0 saturated heterocycles. The number of hydrogen-bond acceptors (Lipinski definition) is 5. The Morgan fingerprint density at radius 3 is 2.65 bits per heavy atom. The van der Waals surface area contributed by atoms with E-state index < -0.39 is 0 Å². The molecule has 0 aliphatic carbocycles. The van der Waals surface area contributed by atoms with Crippen LogP contribution in [0.4, 0.5) is 11.5 Å². The van der Waals surface area contributed by atoms with Crippen molar-refractivity contribution in [3.8, 4) is 12.1 Å². The molecule has 0 aliphatic heterocycles. The van der Waals surface area contributed by atoms with Crippen LogP contribution in [0, 0.1) is 29.6 Å². The topological polar surface area (TPSA) is 117 Å². The van der Waals surface area contributed by atoms with Gasteiger partial charge in [-0.1, -0.05) is 30.0 Å². The molecule has 2 aromatic rings. The van der Waals surface area contributed by atoms with E-state index in [4.69, 9.17) is 16.3 Å². The predicted octanol–water partition coefficient (Wildman–Crippen LogP) is 1.87. The fraction of sp³-hybridized carbons (Fsp3) is 0.125. The predicted molar refractivity (Wildman–Crippen MR) is 87.4 cm³/mol. The van der Waals surface area contributed by atoms with E-state index in [9.17, 15) is 4.79 Å². The van der Waals surface area contributed by atoms with Gasteiger partial charge in [-0.25, -0.2) is 4.98 Å². The lowest BCUT2D eigenvalue weighted by Crippen LogP contribution is -2.20. The summed E-state index contributed by atoms with van der Waals surface area (Å²) >= 11 is 1.16. The Kier molecular flexibility index (Phi) is 5.19. The Balaban J connectivity index is 2.08. The van der Waals surface area contributed by atoms with Crippen LogP contribution in [-0.4, -0.2) is 11.7 Å². The molecule has 1 heterocycles. The molecule has 1 amide bonds. The van der Waals surface area contributed by atoms with Gasteiger partial charge < -0.3 is 5.32 Å². The van der Waals surface area contributed by atoms with Crippen molar-refractivity contribution in [3.63, 3.8) is 0 Å². The number of nitrogen functional groups attached to an aromatic ring is 1. The monoisotopic (exact) mass is 324 g/mol. The first kappa shape index (κ1) is 16.3. The maximum Gasteiger partial charge on any atom is 0.289 e. The third-order valence-electron chi connectivity index (χ3n) is 3.08. The zero-order valence-electron chi connectivity index (χ0n) is 12.4. The number of carbonyl (C=O) groups is 1. The summed E-state index contributed by atoms with van der Waals surface area (Å²) in [5.41, 5.74) is 7.91. The number of rotatable bonds is 4. The quantitative estimate of drug-likeness (QED) is 0.833. The van der Waals surface area contributed by atoms with Gasteiger partial charge in [0.2, 0.25) is 5.91 Å². The Hall–Kier alpha value is -3.03. The zero-order chi connectivity index (χ0) is 16.8. The number of para-hydroxylation sites is 1. The highest BCUT2D eigenvalue weighted by Gasteiger charge is 2.16. The molecular formula is C16H14N5OS+. The Morgan fingerprint density at radius 2 is 2.00 bits per heavy atom. The van der Waals surface area contributed by atoms with Gasteiger partial charge >= 0.3 is 0 Å². The lowest BCUT2D eigenvalue weighted by atomic mass is 10.2. The molecule has 0 spiro atoms. The van der Waals surface area contributed by atoms with Gasteiger partial charge in [-0.3, -0.25) is 10.5 Å². The van der Waals surface area contributed by atoms with Crippen LogP contribution in [0.25, 0.3) is 0 Å². The first-order chi connectivity index (χ1) is 11.0. The first-order valence-corrected chi connectivity index (χ1v) is 7.68. The van der Waals surface area contributed by atoms with E-state index in [1.54, 1.807) is 0 Å². The summed E-state index contributed by atoms with van der Waals surface area (Å²) < 4.78 is 0. The average Bonchev–Trinajstić information content (AvgIpc) is 2.55. The van der Waals surface area contributed by atoms with Crippen LogP contribution in [0.5, 0.6) is 0 Å². The smallest absolute Gasteiger partial charge is 0.289 e. The number of anilines is 2. The minimum Gasteiger partial charge on any atom is -0.325 e. The van der Waals surface area contributed by atoms with Crippen molar-refractivity contribution in [2.45, 2.75) is 11.9 Å². The summed E-state index contributed by atoms with van der Waals surface area (Å²) in [4.78, 5) is 14.8. The molecule has 1 aromatic heterocycles. The number of aryl methyl sites for hydroxylation is 1. The number of aromatic nitrogens is 1. The van der Waals surface area contributed by atoms with E-state index in [0.29, 0.717) is 5.03 Å². The molecule has 4 N–H and O–H groups in total. The van der Waals surface area contributed by atoms with Crippen molar-refractivity contribution < 1.29 is 9.78 Å². The number of nitrogens with two attached hydrogens (primary N) is 1. The summed E-state index contributed by atoms with van der Waals surface area (Å²) in [5.74, 6) is 0.100. The SMILES string of the molecule is Cc1ccccc1NC(=O)CSc1[nH+]c(N)c(C#N)cc1C#N. The number of H-pyrrole nitrogens is 1. The van der Waals surface area contributed by atoms with Crippen molar-refractivity contribution in [3.05, 3.63) is 47.0 Å². The fourth-order valence-corrected chi connectivity index (χ4v) is 2.66. The van der Waals surface area contributed by atoms with Gasteiger partial charge in [-0.15, -0.1) is 0 Å². The molecule has 6 nitrogen and oxygen atoms in total. The maximum absolute atomic E-state index is 12.0. The maximum atomic E-state index is 12.0. The standard InChI is InChI=1S/C16H13N5OS/c1-10-4-2-3-5-13(10)20-14(22)9-23-16-12(8-18)6-11(7-17)15(19)21-16/h2-6H,9H2,1H3,(H2,19,21)(H,20,22)/p+1. The fourth-order valence-electron chi connectivity index (χ4n) is 1.87. The average molecular weight is 324 g/mol. The summed E-state index contributed by atoms with van der Waals surface area (Å²) in [6, 6.07) is 12.8. The van der Waals surface area contributed by atoms with Crippen molar-refractivity contribution >= 4 is 29.2 Å². The summed E-state index contributed by atoms with van der Waals surface area (Å²) in [7, 11) is 0. The van der Waals surface area contributed by atoms with Crippen LogP contribution in [0.3, 0.4) is 0 Å². The Morgan fingerprint density at radius 1 is 1.30 bits per heavy atom. The lowest BCUT2D eigenvalue weighted by molar-refractivity contribution is -0.410. The van der Waals surface area contributed by atoms with Gasteiger partial charge in [-0.05, 0) is 24.6 Å². The highest BCUT2D eigenvalue weighted by Crippen LogP contribution is 2.21. The molecule has 0 saturated carbocycles. The second-order valence-corrected chi connectivity index (χ2v) is 5.70. The summed E-state index contributed by atoms with van der Waals surface area (Å²) in [6.45, 7) is 1.91. The van der Waals surface area contributed by atoms with Gasteiger partial charge in [0.05, 0.1) is 5.75 Å². The molecule has 2 rings (SSSR count). The van der Waals surface area contributed by atoms with Gasteiger partial charge in [0, 0.05) is 5.69 Å². The molecule has 0 aliphatic rings. The first-order valence-electron chi connectivity index (χ1n) is 6.69. The molecule has 0 unspecified atom stereocenters. The number of thioether (sulfide) groups is 1. The molecule has 0 atom stereocenters. The van der Waals surface area contributed by atoms with Crippen molar-refractivity contribution in [1.82, 2.24) is 0 Å². The zero-order valence-corrected chi connectivity index (χ0v) is 13.2. The lowest BCUT2D eigenvalue weighted by Gasteiger charge is -2.07. The number of nitrogens with zero attached hydrogens (tertiary/aromatic N) is 2. The second-order valence-electron chi connectivity index (χ2n) is 4.71. The van der Waals surface area contributed by atoms with E-state index in [1.165, 1.54) is 6.07 Å². The number of nitrogens with one attached hydrogen (secondary N) is 2. The Labute approximate surface area is 137 Å². The highest BCUT2D eigenvalue weighted by atomic mass is 32.2. The minimum absolute atomic E-state index is 0.116. The third kappa shape index (κ3) is 4.00. The second kappa shape index (κ2) is 7.30. The highest BCUT2D eigenvalue weighted by molar-refractivity contribution is 7.99. The molecular weight excluding hydrogens is 310 g/mol. The van der Waals surface area contributed by atoms with E-state index in [2.05, 4.69) is 10.3 Å². The van der Waals surface area contributed by atoms with Crippen LogP contribution >= 0.6 is 11.8 Å². The summed E-state index contributed by atoms with van der Waals surface area (Å²) in [6.07, 6.45) is 0. The van der Waals surface area contributed by atoms with Gasteiger partial charge in [0.15, 0.2) is 5.03 Å². The van der Waals surface area contributed by atoms with Crippen LogP contribution in [-0.2, 0) is 4.79 Å². The van der Waals surface area contributed by atoms with Crippen LogP contribution < -0.4 is 16.0 Å². The third-order valence-corrected chi connectivity index (χ3v) is 4.10. The van der Waals surface area contributed by atoms with E-state index in [1.807, 2.05) is 43.3 Å². The minimum atomic E-state index is -0.190. The number of aromatic amines is 1. The largest absolute Gasteiger partial charge is 0.325 e. The van der Waals surface area contributed by atoms with E-state index >= 15 is 0 Å². The molecule has 0 radical (unpaired) electrons.